The van der Waals surface area contributed by atoms with E-state index >= 15 is 0 Å². The van der Waals surface area contributed by atoms with Gasteiger partial charge in [0.15, 0.2) is 0 Å². The van der Waals surface area contributed by atoms with Crippen LogP contribution in [0.15, 0.2) is 54.9 Å². The first-order chi connectivity index (χ1) is 16.6. The number of anilines is 1. The molecule has 2 amide bonds. The number of aryl methyl sites for hydroxylation is 2. The summed E-state index contributed by atoms with van der Waals surface area (Å²) < 4.78 is 0. The van der Waals surface area contributed by atoms with E-state index in [1.807, 2.05) is 49.4 Å². The third-order valence-corrected chi connectivity index (χ3v) is 8.01. The molecule has 0 aliphatic heterocycles. The number of rotatable bonds is 6. The molecular weight excluding hydrogens is 464 g/mol. The van der Waals surface area contributed by atoms with Gasteiger partial charge in [-0.3, -0.25) is 14.6 Å². The first-order valence-corrected chi connectivity index (χ1v) is 12.9. The lowest BCUT2D eigenvalue weighted by Crippen LogP contribution is -2.25. The number of hydrogen-bond acceptors (Lipinski definition) is 6. The first-order valence-electron chi connectivity index (χ1n) is 11.3. The van der Waals surface area contributed by atoms with E-state index in [0.717, 1.165) is 52.3 Å². The van der Waals surface area contributed by atoms with Crippen molar-refractivity contribution in [2.75, 3.05) is 5.32 Å². The van der Waals surface area contributed by atoms with E-state index in [9.17, 15) is 9.59 Å². The zero-order valence-corrected chi connectivity index (χ0v) is 20.4. The van der Waals surface area contributed by atoms with Crippen LogP contribution in [0.5, 0.6) is 0 Å². The summed E-state index contributed by atoms with van der Waals surface area (Å²) >= 11 is 3.01. The Bertz CT molecular complexity index is 1330. The fourth-order valence-corrected chi connectivity index (χ4v) is 6.40. The van der Waals surface area contributed by atoms with Crippen molar-refractivity contribution in [1.82, 2.24) is 15.3 Å². The Morgan fingerprint density at radius 2 is 1.82 bits per heavy atom. The van der Waals surface area contributed by atoms with Gasteiger partial charge in [-0.25, -0.2) is 4.98 Å². The third kappa shape index (κ3) is 4.64. The van der Waals surface area contributed by atoms with Crippen molar-refractivity contribution in [3.8, 4) is 10.4 Å². The largest absolute Gasteiger partial charge is 0.348 e. The summed E-state index contributed by atoms with van der Waals surface area (Å²) in [6.45, 7) is 2.28. The number of nitrogens with one attached hydrogen (secondary N) is 2. The molecule has 1 aliphatic carbocycles. The number of carbonyl (C=O) groups is 2. The Labute approximate surface area is 206 Å². The Morgan fingerprint density at radius 1 is 1.00 bits per heavy atom. The molecule has 0 atom stereocenters. The highest BCUT2D eigenvalue weighted by Gasteiger charge is 2.28. The second-order valence-electron chi connectivity index (χ2n) is 8.19. The monoisotopic (exact) mass is 488 g/mol. The zero-order chi connectivity index (χ0) is 23.5. The summed E-state index contributed by atoms with van der Waals surface area (Å²) in [5.41, 5.74) is 3.93. The topological polar surface area (TPSA) is 84.0 Å². The van der Waals surface area contributed by atoms with Gasteiger partial charge in [0.25, 0.3) is 11.8 Å². The molecule has 0 bridgehead atoms. The van der Waals surface area contributed by atoms with E-state index in [1.165, 1.54) is 27.6 Å². The summed E-state index contributed by atoms with van der Waals surface area (Å²) in [6, 6.07) is 13.6. The molecule has 34 heavy (non-hydrogen) atoms. The van der Waals surface area contributed by atoms with Crippen LogP contribution >= 0.6 is 22.7 Å². The van der Waals surface area contributed by atoms with Gasteiger partial charge >= 0.3 is 0 Å². The minimum Gasteiger partial charge on any atom is -0.348 e. The van der Waals surface area contributed by atoms with Gasteiger partial charge in [-0.2, -0.15) is 0 Å². The summed E-state index contributed by atoms with van der Waals surface area (Å²) in [4.78, 5) is 37.3. The van der Waals surface area contributed by atoms with Crippen LogP contribution < -0.4 is 10.6 Å². The molecule has 0 saturated carbocycles. The lowest BCUT2D eigenvalue weighted by Gasteiger charge is -2.13. The van der Waals surface area contributed by atoms with Gasteiger partial charge in [0, 0.05) is 23.8 Å². The lowest BCUT2D eigenvalue weighted by atomic mass is 9.95. The average molecular weight is 489 g/mol. The molecule has 0 saturated heterocycles. The Morgan fingerprint density at radius 3 is 2.62 bits per heavy atom. The van der Waals surface area contributed by atoms with Crippen molar-refractivity contribution in [2.24, 2.45) is 0 Å². The smallest absolute Gasteiger partial charge is 0.276 e. The fourth-order valence-electron chi connectivity index (χ4n) is 4.20. The molecule has 1 aromatic carbocycles. The number of carbonyl (C=O) groups excluding carboxylic acids is 2. The maximum atomic E-state index is 13.4. The Kier molecular flexibility index (Phi) is 6.51. The molecule has 0 spiro atoms. The molecule has 3 heterocycles. The van der Waals surface area contributed by atoms with Crippen molar-refractivity contribution >= 4 is 39.5 Å². The molecule has 4 aromatic rings. The van der Waals surface area contributed by atoms with E-state index in [-0.39, 0.29) is 11.8 Å². The van der Waals surface area contributed by atoms with Crippen LogP contribution in [0.4, 0.5) is 5.00 Å². The van der Waals surface area contributed by atoms with Crippen LogP contribution in [0.25, 0.3) is 10.4 Å². The number of hydrogen-bond donors (Lipinski definition) is 2. The normalized spacial score (nSPS) is 12.7. The first kappa shape index (κ1) is 22.4. The van der Waals surface area contributed by atoms with Crippen molar-refractivity contribution in [3.05, 3.63) is 87.1 Å². The number of thiazole rings is 1. The van der Waals surface area contributed by atoms with Gasteiger partial charge in [0.05, 0.1) is 15.4 Å². The minimum absolute atomic E-state index is 0.170. The number of pyridine rings is 1. The van der Waals surface area contributed by atoms with Crippen LogP contribution in [0.2, 0.25) is 0 Å². The summed E-state index contributed by atoms with van der Waals surface area (Å²) in [5, 5.41) is 7.47. The number of amides is 2. The summed E-state index contributed by atoms with van der Waals surface area (Å²) in [5.74, 6) is -0.459. The van der Waals surface area contributed by atoms with Gasteiger partial charge in [-0.1, -0.05) is 36.4 Å². The second-order valence-corrected chi connectivity index (χ2v) is 10.5. The maximum absolute atomic E-state index is 13.4. The molecule has 1 aliphatic rings. The van der Waals surface area contributed by atoms with Gasteiger partial charge in [0.1, 0.15) is 10.7 Å². The second kappa shape index (κ2) is 9.87. The predicted octanol–water partition coefficient (Wildman–Crippen LogP) is 5.64. The van der Waals surface area contributed by atoms with E-state index in [4.69, 9.17) is 0 Å². The molecular formula is C26H24N4O2S2. The average Bonchev–Trinajstić information content (AvgIpc) is 3.44. The molecule has 6 nitrogen and oxygen atoms in total. The van der Waals surface area contributed by atoms with Crippen molar-refractivity contribution < 1.29 is 9.59 Å². The number of benzene rings is 1. The van der Waals surface area contributed by atoms with E-state index in [1.54, 1.807) is 12.4 Å². The van der Waals surface area contributed by atoms with E-state index < -0.39 is 0 Å². The van der Waals surface area contributed by atoms with Crippen molar-refractivity contribution in [3.63, 3.8) is 0 Å². The third-order valence-electron chi connectivity index (χ3n) is 5.79. The van der Waals surface area contributed by atoms with Gasteiger partial charge in [-0.05, 0) is 55.4 Å². The number of nitrogens with zero attached hydrogens (tertiary/aromatic N) is 2. The quantitative estimate of drug-likeness (QED) is 0.368. The highest BCUT2D eigenvalue weighted by Crippen LogP contribution is 2.39. The van der Waals surface area contributed by atoms with Gasteiger partial charge in [0.2, 0.25) is 0 Å². The Hall–Kier alpha value is -3.36. The number of fused-ring (bicyclic) bond motifs is 1. The standard InChI is InChI=1S/C26H24N4O2S2/c1-16-29-22(23(33-16)18-9-3-2-4-10-18)25(32)30-26-21(19-11-5-6-12-20(19)34-26)24(31)28-15-17-8-7-13-27-14-17/h2-4,7-10,13-14H,5-6,11-12,15H2,1H3,(H,28,31)(H,30,32). The van der Waals surface area contributed by atoms with E-state index in [0.29, 0.717) is 22.8 Å². The SMILES string of the molecule is Cc1nc(C(=O)Nc2sc3c(c2C(=O)NCc2cccnc2)CCCC3)c(-c2ccccc2)s1. The minimum atomic E-state index is -0.289. The maximum Gasteiger partial charge on any atom is 0.276 e. The zero-order valence-electron chi connectivity index (χ0n) is 18.8. The van der Waals surface area contributed by atoms with Crippen LogP contribution in [-0.4, -0.2) is 21.8 Å². The molecule has 0 unspecified atom stereocenters. The molecule has 2 N–H and O–H groups in total. The summed E-state index contributed by atoms with van der Waals surface area (Å²) in [7, 11) is 0. The highest BCUT2D eigenvalue weighted by atomic mass is 32.1. The number of aromatic nitrogens is 2. The Balaban J connectivity index is 1.44. The highest BCUT2D eigenvalue weighted by molar-refractivity contribution is 7.17. The van der Waals surface area contributed by atoms with Crippen molar-refractivity contribution in [1.29, 1.82) is 0 Å². The van der Waals surface area contributed by atoms with Crippen molar-refractivity contribution in [2.45, 2.75) is 39.2 Å². The van der Waals surface area contributed by atoms with Crippen LogP contribution in [0.3, 0.4) is 0 Å². The molecule has 8 heteroatoms. The van der Waals surface area contributed by atoms with Crippen LogP contribution in [0.1, 0.15) is 54.7 Å². The molecule has 0 fully saturated rings. The predicted molar refractivity (Wildman–Crippen MR) is 137 cm³/mol. The molecule has 0 radical (unpaired) electrons. The molecule has 172 valence electrons. The van der Waals surface area contributed by atoms with Gasteiger partial charge < -0.3 is 10.6 Å². The number of thiophene rings is 1. The molecule has 5 rings (SSSR count). The van der Waals surface area contributed by atoms with Gasteiger partial charge in [-0.15, -0.1) is 22.7 Å². The van der Waals surface area contributed by atoms with Crippen LogP contribution in [-0.2, 0) is 19.4 Å². The summed E-state index contributed by atoms with van der Waals surface area (Å²) in [6.07, 6.45) is 7.37. The fraction of sp³-hybridized carbons (Fsp3) is 0.231. The van der Waals surface area contributed by atoms with Crippen LogP contribution in [0, 0.1) is 6.92 Å². The van der Waals surface area contributed by atoms with E-state index in [2.05, 4.69) is 20.6 Å². The lowest BCUT2D eigenvalue weighted by molar-refractivity contribution is 0.0951. The molecule has 3 aromatic heterocycles.